The van der Waals surface area contributed by atoms with Crippen molar-refractivity contribution in [3.05, 3.63) is 64.2 Å². The van der Waals surface area contributed by atoms with Crippen LogP contribution in [0.15, 0.2) is 42.5 Å². The van der Waals surface area contributed by atoms with E-state index in [0.717, 1.165) is 16.9 Å². The number of alkyl halides is 2. The molecular formula is C27H33ClF2N2O3. The van der Waals surface area contributed by atoms with Crippen molar-refractivity contribution in [2.75, 3.05) is 32.7 Å². The second-order valence-electron chi connectivity index (χ2n) is 9.87. The first-order chi connectivity index (χ1) is 16.6. The van der Waals surface area contributed by atoms with Gasteiger partial charge in [-0.1, -0.05) is 23.7 Å². The van der Waals surface area contributed by atoms with Gasteiger partial charge in [-0.15, -0.1) is 0 Å². The number of morpholine rings is 1. The van der Waals surface area contributed by atoms with E-state index in [-0.39, 0.29) is 24.7 Å². The molecule has 1 spiro atoms. The van der Waals surface area contributed by atoms with Crippen molar-refractivity contribution in [1.82, 2.24) is 9.80 Å². The van der Waals surface area contributed by atoms with Crippen LogP contribution in [-0.2, 0) is 4.74 Å². The number of carbonyl (C=O) groups excluding carboxylic acids is 1. The van der Waals surface area contributed by atoms with E-state index in [9.17, 15) is 13.6 Å². The molecule has 0 saturated carbocycles. The molecule has 1 atom stereocenters. The number of rotatable bonds is 6. The number of hydrogen-bond acceptors (Lipinski definition) is 4. The Bertz CT molecular complexity index is 1020. The highest BCUT2D eigenvalue weighted by Crippen LogP contribution is 2.38. The smallest absolute Gasteiger partial charge is 0.253 e. The van der Waals surface area contributed by atoms with E-state index in [1.54, 1.807) is 23.1 Å². The van der Waals surface area contributed by atoms with Crippen LogP contribution in [0.2, 0.25) is 5.02 Å². The minimum atomic E-state index is -2.41. The number of likely N-dealkylation sites (tertiary alicyclic amines) is 1. The van der Waals surface area contributed by atoms with E-state index in [1.807, 2.05) is 49.9 Å². The number of aryl methyl sites for hydroxylation is 1. The van der Waals surface area contributed by atoms with Gasteiger partial charge < -0.3 is 14.4 Å². The van der Waals surface area contributed by atoms with Crippen molar-refractivity contribution in [3.8, 4) is 5.75 Å². The van der Waals surface area contributed by atoms with E-state index in [2.05, 4.69) is 0 Å². The lowest BCUT2D eigenvalue weighted by Gasteiger charge is -2.50. The van der Waals surface area contributed by atoms with Crippen LogP contribution in [0.1, 0.15) is 54.3 Å². The average Bonchev–Trinajstić information content (AvgIpc) is 2.80. The van der Waals surface area contributed by atoms with Gasteiger partial charge in [0.05, 0.1) is 24.4 Å². The number of carbonyl (C=O) groups is 1. The van der Waals surface area contributed by atoms with Crippen LogP contribution in [0.3, 0.4) is 0 Å². The Kier molecular flexibility index (Phi) is 7.99. The number of piperidine rings is 1. The van der Waals surface area contributed by atoms with Crippen molar-refractivity contribution in [2.24, 2.45) is 0 Å². The van der Waals surface area contributed by atoms with Crippen LogP contribution < -0.4 is 4.74 Å². The Morgan fingerprint density at radius 2 is 1.86 bits per heavy atom. The van der Waals surface area contributed by atoms with Gasteiger partial charge in [-0.05, 0) is 75.1 Å². The third-order valence-corrected chi connectivity index (χ3v) is 6.96. The van der Waals surface area contributed by atoms with Gasteiger partial charge in [-0.2, -0.15) is 0 Å². The highest BCUT2D eigenvalue weighted by Gasteiger charge is 2.44. The predicted molar refractivity (Wildman–Crippen MR) is 133 cm³/mol. The summed E-state index contributed by atoms with van der Waals surface area (Å²) in [6.45, 7) is 7.44. The monoisotopic (exact) mass is 506 g/mol. The zero-order valence-electron chi connectivity index (χ0n) is 20.5. The Hall–Kier alpha value is -2.22. The van der Waals surface area contributed by atoms with E-state index in [0.29, 0.717) is 49.6 Å². The van der Waals surface area contributed by atoms with Crippen LogP contribution in [0, 0.1) is 6.92 Å². The molecule has 5 nitrogen and oxygen atoms in total. The van der Waals surface area contributed by atoms with Crippen LogP contribution in [-0.4, -0.2) is 66.6 Å². The van der Waals surface area contributed by atoms with Crippen LogP contribution in [0.25, 0.3) is 0 Å². The molecule has 2 aromatic carbocycles. The van der Waals surface area contributed by atoms with Gasteiger partial charge >= 0.3 is 0 Å². The Balaban J connectivity index is 1.46. The van der Waals surface area contributed by atoms with Crippen LogP contribution in [0.5, 0.6) is 5.75 Å². The Morgan fingerprint density at radius 3 is 2.46 bits per heavy atom. The summed E-state index contributed by atoms with van der Waals surface area (Å²) in [7, 11) is 0. The molecule has 0 radical (unpaired) electrons. The van der Waals surface area contributed by atoms with E-state index in [1.165, 1.54) is 0 Å². The van der Waals surface area contributed by atoms with Gasteiger partial charge in [0, 0.05) is 36.8 Å². The summed E-state index contributed by atoms with van der Waals surface area (Å²) < 4.78 is 38.9. The molecule has 2 heterocycles. The first kappa shape index (κ1) is 25.9. The number of halogens is 3. The molecule has 190 valence electrons. The largest absolute Gasteiger partial charge is 0.491 e. The standard InChI is InChI=1S/C27H33ClF2N2O3/c1-18(2)34-23-9-6-21(14-19(23)3)26(33)32-12-10-27(11-13-32)17-31(16-25(29)30)15-24(35-27)20-4-7-22(28)8-5-20/h4-9,14,18,24-25H,10-13,15-17H2,1-3H3. The summed E-state index contributed by atoms with van der Waals surface area (Å²) in [4.78, 5) is 16.8. The molecular weight excluding hydrogens is 474 g/mol. The second-order valence-corrected chi connectivity index (χ2v) is 10.3. The van der Waals surface area contributed by atoms with Gasteiger partial charge in [0.2, 0.25) is 0 Å². The van der Waals surface area contributed by atoms with Crippen molar-refractivity contribution >= 4 is 17.5 Å². The van der Waals surface area contributed by atoms with Gasteiger partial charge in [0.15, 0.2) is 0 Å². The highest BCUT2D eigenvalue weighted by molar-refractivity contribution is 6.30. The maximum absolute atomic E-state index is 13.3. The maximum Gasteiger partial charge on any atom is 0.253 e. The lowest BCUT2D eigenvalue weighted by molar-refractivity contribution is -0.180. The van der Waals surface area contributed by atoms with E-state index in [4.69, 9.17) is 21.1 Å². The van der Waals surface area contributed by atoms with Crippen molar-refractivity contribution in [3.63, 3.8) is 0 Å². The molecule has 0 N–H and O–H groups in total. The number of benzene rings is 2. The summed E-state index contributed by atoms with van der Waals surface area (Å²) in [6, 6.07) is 12.9. The molecule has 4 rings (SSSR count). The molecule has 0 bridgehead atoms. The molecule has 1 unspecified atom stereocenters. The summed E-state index contributed by atoms with van der Waals surface area (Å²) in [5.41, 5.74) is 1.89. The van der Waals surface area contributed by atoms with Crippen molar-refractivity contribution in [2.45, 2.75) is 57.8 Å². The normalized spacial score (nSPS) is 20.6. The molecule has 2 aliphatic rings. The van der Waals surface area contributed by atoms with Crippen molar-refractivity contribution < 1.29 is 23.0 Å². The Morgan fingerprint density at radius 1 is 1.17 bits per heavy atom. The first-order valence-corrected chi connectivity index (χ1v) is 12.5. The third-order valence-electron chi connectivity index (χ3n) is 6.71. The summed E-state index contributed by atoms with van der Waals surface area (Å²) >= 11 is 6.03. The molecule has 2 saturated heterocycles. The van der Waals surface area contributed by atoms with Crippen LogP contribution >= 0.6 is 11.6 Å². The van der Waals surface area contributed by atoms with Gasteiger partial charge in [-0.25, -0.2) is 8.78 Å². The van der Waals surface area contributed by atoms with Crippen LogP contribution in [0.4, 0.5) is 8.78 Å². The lowest BCUT2D eigenvalue weighted by Crippen LogP contribution is -2.58. The molecule has 2 fully saturated rings. The minimum Gasteiger partial charge on any atom is -0.491 e. The minimum absolute atomic E-state index is 0.0338. The number of nitrogens with zero attached hydrogens (tertiary/aromatic N) is 2. The molecule has 0 aromatic heterocycles. The number of hydrogen-bond donors (Lipinski definition) is 0. The first-order valence-electron chi connectivity index (χ1n) is 12.1. The average molecular weight is 507 g/mol. The quantitative estimate of drug-likeness (QED) is 0.500. The maximum atomic E-state index is 13.3. The SMILES string of the molecule is Cc1cc(C(=O)N2CCC3(CC2)CN(CC(F)F)CC(c2ccc(Cl)cc2)O3)ccc1OC(C)C. The van der Waals surface area contributed by atoms with Gasteiger partial charge in [0.1, 0.15) is 5.75 Å². The third kappa shape index (κ3) is 6.32. The topological polar surface area (TPSA) is 42.0 Å². The molecule has 8 heteroatoms. The molecule has 2 aliphatic heterocycles. The molecule has 35 heavy (non-hydrogen) atoms. The molecule has 1 amide bonds. The lowest BCUT2D eigenvalue weighted by atomic mass is 9.87. The fraction of sp³-hybridized carbons (Fsp3) is 0.519. The summed E-state index contributed by atoms with van der Waals surface area (Å²) in [5.74, 6) is 0.741. The van der Waals surface area contributed by atoms with E-state index >= 15 is 0 Å². The fourth-order valence-corrected chi connectivity index (χ4v) is 5.14. The predicted octanol–water partition coefficient (Wildman–Crippen LogP) is 5.75. The zero-order valence-corrected chi connectivity index (χ0v) is 21.2. The summed E-state index contributed by atoms with van der Waals surface area (Å²) in [5, 5.41) is 0.620. The van der Waals surface area contributed by atoms with Crippen molar-refractivity contribution in [1.29, 1.82) is 0 Å². The number of ether oxygens (including phenoxy) is 2. The van der Waals surface area contributed by atoms with Gasteiger partial charge in [-0.3, -0.25) is 9.69 Å². The Labute approximate surface area is 210 Å². The molecule has 0 aliphatic carbocycles. The zero-order chi connectivity index (χ0) is 25.2. The fourth-order valence-electron chi connectivity index (χ4n) is 5.01. The summed E-state index contributed by atoms with van der Waals surface area (Å²) in [6.07, 6.45) is -1.49. The van der Waals surface area contributed by atoms with Gasteiger partial charge in [0.25, 0.3) is 12.3 Å². The van der Waals surface area contributed by atoms with E-state index < -0.39 is 12.0 Å². The second kappa shape index (κ2) is 10.8. The highest BCUT2D eigenvalue weighted by atomic mass is 35.5. The molecule has 2 aromatic rings. The number of amides is 1.